The van der Waals surface area contributed by atoms with Crippen LogP contribution in [0.5, 0.6) is 0 Å². The van der Waals surface area contributed by atoms with Crippen molar-refractivity contribution in [2.75, 3.05) is 5.32 Å². The van der Waals surface area contributed by atoms with E-state index in [1.165, 1.54) is 0 Å². The molecule has 0 saturated heterocycles. The van der Waals surface area contributed by atoms with E-state index in [0.717, 1.165) is 11.3 Å². The topological polar surface area (TPSA) is 96.7 Å². The lowest BCUT2D eigenvalue weighted by molar-refractivity contribution is 0.102. The highest BCUT2D eigenvalue weighted by Gasteiger charge is 2.08. The fourth-order valence-corrected chi connectivity index (χ4v) is 1.34. The van der Waals surface area contributed by atoms with Crippen molar-refractivity contribution in [3.63, 3.8) is 0 Å². The molecule has 88 valence electrons. The first-order valence-corrected chi connectivity index (χ1v) is 5.17. The zero-order valence-electron chi connectivity index (χ0n) is 9.40. The number of H-pyrrole nitrogens is 1. The molecule has 6 nitrogen and oxygen atoms in total. The molecule has 4 N–H and O–H groups in total. The molecule has 6 heteroatoms. The van der Waals surface area contributed by atoms with E-state index in [2.05, 4.69) is 20.5 Å². The number of hydrogen-bond acceptors (Lipinski definition) is 4. The van der Waals surface area contributed by atoms with Gasteiger partial charge in [0.25, 0.3) is 5.91 Å². The van der Waals surface area contributed by atoms with Crippen LogP contribution in [0.2, 0.25) is 0 Å². The predicted octanol–water partition coefficient (Wildman–Crippen LogP) is 0.824. The molecule has 2 rings (SSSR count). The summed E-state index contributed by atoms with van der Waals surface area (Å²) < 4.78 is 0. The molecule has 0 atom stereocenters. The Kier molecular flexibility index (Phi) is 3.15. The van der Waals surface area contributed by atoms with E-state index < -0.39 is 0 Å². The van der Waals surface area contributed by atoms with Gasteiger partial charge in [-0.1, -0.05) is 6.07 Å². The van der Waals surface area contributed by atoms with Crippen molar-refractivity contribution in [1.82, 2.24) is 15.2 Å². The first-order valence-electron chi connectivity index (χ1n) is 5.17. The van der Waals surface area contributed by atoms with Gasteiger partial charge in [0.05, 0.1) is 0 Å². The Bertz CT molecular complexity index is 517. The fraction of sp³-hybridized carbons (Fsp3) is 0.182. The van der Waals surface area contributed by atoms with Gasteiger partial charge in [0.1, 0.15) is 5.69 Å². The molecule has 0 aromatic carbocycles. The zero-order valence-corrected chi connectivity index (χ0v) is 9.40. The third-order valence-electron chi connectivity index (χ3n) is 2.24. The van der Waals surface area contributed by atoms with E-state index in [0.29, 0.717) is 18.1 Å². The Morgan fingerprint density at radius 2 is 2.35 bits per heavy atom. The van der Waals surface area contributed by atoms with Crippen molar-refractivity contribution in [3.05, 3.63) is 41.3 Å². The average Bonchev–Trinajstić information content (AvgIpc) is 2.75. The summed E-state index contributed by atoms with van der Waals surface area (Å²) in [5.41, 5.74) is 7.55. The number of aromatic nitrogens is 3. The molecule has 0 fully saturated rings. The summed E-state index contributed by atoms with van der Waals surface area (Å²) in [7, 11) is 0. The molecule has 0 aliphatic rings. The van der Waals surface area contributed by atoms with Crippen molar-refractivity contribution in [3.8, 4) is 0 Å². The van der Waals surface area contributed by atoms with E-state index in [4.69, 9.17) is 5.73 Å². The largest absolute Gasteiger partial charge is 0.326 e. The molecular weight excluding hydrogens is 218 g/mol. The van der Waals surface area contributed by atoms with Gasteiger partial charge < -0.3 is 11.1 Å². The number of hydrogen-bond donors (Lipinski definition) is 3. The van der Waals surface area contributed by atoms with Crippen LogP contribution in [0.25, 0.3) is 0 Å². The smallest absolute Gasteiger partial charge is 0.275 e. The number of nitrogens with two attached hydrogens (primary N) is 1. The van der Waals surface area contributed by atoms with Crippen LogP contribution in [0.3, 0.4) is 0 Å². The number of carbonyl (C=O) groups is 1. The monoisotopic (exact) mass is 231 g/mol. The second kappa shape index (κ2) is 4.75. The number of rotatable bonds is 3. The summed E-state index contributed by atoms with van der Waals surface area (Å²) in [6.45, 7) is 2.27. The van der Waals surface area contributed by atoms with E-state index in [1.807, 2.05) is 6.92 Å². The molecule has 0 aliphatic carbocycles. The number of carbonyl (C=O) groups excluding carboxylic acids is 1. The van der Waals surface area contributed by atoms with Crippen molar-refractivity contribution < 1.29 is 4.79 Å². The first kappa shape index (κ1) is 11.3. The van der Waals surface area contributed by atoms with Gasteiger partial charge in [-0.15, -0.1) is 0 Å². The average molecular weight is 231 g/mol. The Morgan fingerprint density at radius 1 is 1.53 bits per heavy atom. The van der Waals surface area contributed by atoms with Crippen LogP contribution >= 0.6 is 0 Å². The minimum atomic E-state index is -0.292. The second-order valence-corrected chi connectivity index (χ2v) is 3.65. The number of amides is 1. The molecule has 0 saturated carbocycles. The van der Waals surface area contributed by atoms with Crippen LogP contribution in [0.15, 0.2) is 24.4 Å². The maximum absolute atomic E-state index is 11.8. The van der Waals surface area contributed by atoms with Crippen LogP contribution in [0.4, 0.5) is 5.82 Å². The molecule has 17 heavy (non-hydrogen) atoms. The zero-order chi connectivity index (χ0) is 12.3. The molecule has 0 unspecified atom stereocenters. The Hall–Kier alpha value is -2.21. The molecule has 0 radical (unpaired) electrons. The quantitative estimate of drug-likeness (QED) is 0.728. The maximum Gasteiger partial charge on any atom is 0.275 e. The van der Waals surface area contributed by atoms with Crippen molar-refractivity contribution in [2.45, 2.75) is 13.5 Å². The highest BCUT2D eigenvalue weighted by molar-refractivity contribution is 6.02. The van der Waals surface area contributed by atoms with Gasteiger partial charge in [-0.25, -0.2) is 0 Å². The number of aromatic amines is 1. The minimum Gasteiger partial charge on any atom is -0.326 e. The van der Waals surface area contributed by atoms with Crippen molar-refractivity contribution in [1.29, 1.82) is 0 Å². The van der Waals surface area contributed by atoms with Gasteiger partial charge >= 0.3 is 0 Å². The van der Waals surface area contributed by atoms with E-state index >= 15 is 0 Å². The lowest BCUT2D eigenvalue weighted by atomic mass is 10.2. The molecule has 0 aliphatic heterocycles. The summed E-state index contributed by atoms with van der Waals surface area (Å²) in [5, 5.41) is 9.29. The number of nitrogens with zero attached hydrogens (tertiary/aromatic N) is 2. The second-order valence-electron chi connectivity index (χ2n) is 3.65. The summed E-state index contributed by atoms with van der Waals surface area (Å²) in [6, 6.07) is 5.15. The Labute approximate surface area is 98.3 Å². The van der Waals surface area contributed by atoms with Gasteiger partial charge in [-0.05, 0) is 18.6 Å². The van der Waals surface area contributed by atoms with Crippen molar-refractivity contribution in [2.24, 2.45) is 5.73 Å². The number of anilines is 1. The standard InChI is InChI=1S/C11H13N5O/c1-7-4-10(16-15-7)14-11(17)9-3-2-8(5-12)6-13-9/h2-4,6H,5,12H2,1H3,(H2,14,15,16,17). The Morgan fingerprint density at radius 3 is 2.88 bits per heavy atom. The normalized spacial score (nSPS) is 10.2. The summed E-state index contributed by atoms with van der Waals surface area (Å²) in [4.78, 5) is 15.8. The summed E-state index contributed by atoms with van der Waals surface area (Å²) in [6.07, 6.45) is 1.59. The van der Waals surface area contributed by atoms with E-state index in [9.17, 15) is 4.79 Å². The highest BCUT2D eigenvalue weighted by Crippen LogP contribution is 2.06. The fourth-order valence-electron chi connectivity index (χ4n) is 1.34. The SMILES string of the molecule is Cc1cc(NC(=O)c2ccc(CN)cn2)n[nH]1. The molecule has 0 bridgehead atoms. The number of aryl methyl sites for hydroxylation is 1. The number of pyridine rings is 1. The van der Waals surface area contributed by atoms with E-state index in [-0.39, 0.29) is 5.91 Å². The number of nitrogens with one attached hydrogen (secondary N) is 2. The Balaban J connectivity index is 2.09. The van der Waals surface area contributed by atoms with Crippen molar-refractivity contribution >= 4 is 11.7 Å². The lowest BCUT2D eigenvalue weighted by Gasteiger charge is -2.01. The molecule has 2 heterocycles. The van der Waals surface area contributed by atoms with Gasteiger partial charge in [-0.3, -0.25) is 14.9 Å². The van der Waals surface area contributed by atoms with Gasteiger partial charge in [0.15, 0.2) is 5.82 Å². The van der Waals surface area contributed by atoms with Crippen LogP contribution < -0.4 is 11.1 Å². The van der Waals surface area contributed by atoms with Crippen LogP contribution in [0, 0.1) is 6.92 Å². The predicted molar refractivity (Wildman–Crippen MR) is 63.4 cm³/mol. The lowest BCUT2D eigenvalue weighted by Crippen LogP contribution is -2.14. The first-order chi connectivity index (χ1) is 8.19. The molecule has 0 spiro atoms. The molecule has 2 aromatic heterocycles. The molecular formula is C11H13N5O. The summed E-state index contributed by atoms with van der Waals surface area (Å²) in [5.74, 6) is 0.192. The third kappa shape index (κ3) is 2.67. The van der Waals surface area contributed by atoms with Crippen LogP contribution in [0.1, 0.15) is 21.7 Å². The molecule has 2 aromatic rings. The van der Waals surface area contributed by atoms with Gasteiger partial charge in [0.2, 0.25) is 0 Å². The highest BCUT2D eigenvalue weighted by atomic mass is 16.1. The van der Waals surface area contributed by atoms with E-state index in [1.54, 1.807) is 24.4 Å². The third-order valence-corrected chi connectivity index (χ3v) is 2.24. The molecule has 1 amide bonds. The van der Waals surface area contributed by atoms with Gasteiger partial charge in [-0.2, -0.15) is 5.10 Å². The van der Waals surface area contributed by atoms with Crippen LogP contribution in [-0.4, -0.2) is 21.1 Å². The van der Waals surface area contributed by atoms with Gasteiger partial charge in [0, 0.05) is 24.5 Å². The summed E-state index contributed by atoms with van der Waals surface area (Å²) >= 11 is 0. The van der Waals surface area contributed by atoms with Crippen LogP contribution in [-0.2, 0) is 6.54 Å². The maximum atomic E-state index is 11.8. The minimum absolute atomic E-state index is 0.292.